The average molecular weight is 921 g/mol. The Balaban J connectivity index is 0.881. The Hall–Kier alpha value is -9.18. The molecule has 0 bridgehead atoms. The monoisotopic (exact) mass is 920 g/mol. The lowest BCUT2D eigenvalue weighted by atomic mass is 9.82. The molecule has 1 aliphatic carbocycles. The average Bonchev–Trinajstić information content (AvgIpc) is 3.67. The third-order valence-corrected chi connectivity index (χ3v) is 15.2. The van der Waals surface area contributed by atoms with Crippen LogP contribution >= 0.6 is 0 Å². The van der Waals surface area contributed by atoms with Crippen molar-refractivity contribution < 1.29 is 4.74 Å². The van der Waals surface area contributed by atoms with Crippen molar-refractivity contribution in [3.05, 3.63) is 266 Å². The molecule has 1 heterocycles. The molecule has 0 amide bonds. The number of para-hydroxylation sites is 3. The van der Waals surface area contributed by atoms with Gasteiger partial charge in [-0.15, -0.1) is 0 Å². The standard InChI is InChI=1S/C69H48N2O/c1-69(2)63-30-16-14-28-55(63)56-39-37-50(41-64(56)69)70(47-21-8-4-9-22-47)51-38-40-57-62-44-60-54-27-13-12-26-53(54)59(43-61(60)58-29-18-32-66(68(58)62)72-67(57)42-51)46-33-35-49(36-34-46)71(48-23-10-5-11-24-48)65-31-17-15-25-52(65)45-19-6-3-7-20-45/h3-44H,1-2H3. The Kier molecular flexibility index (Phi) is 9.56. The molecule has 340 valence electrons. The van der Waals surface area contributed by atoms with Crippen molar-refractivity contribution in [2.24, 2.45) is 0 Å². The molecule has 14 rings (SSSR count). The molecule has 0 atom stereocenters. The van der Waals surface area contributed by atoms with E-state index in [0.717, 1.165) is 62.1 Å². The first-order valence-electron chi connectivity index (χ1n) is 24.9. The number of benzene rings is 12. The van der Waals surface area contributed by atoms with Crippen LogP contribution in [0.25, 0.3) is 76.8 Å². The maximum atomic E-state index is 7.03. The summed E-state index contributed by atoms with van der Waals surface area (Å²) in [6.07, 6.45) is 0. The van der Waals surface area contributed by atoms with Gasteiger partial charge in [-0.25, -0.2) is 0 Å². The molecule has 2 aliphatic rings. The minimum atomic E-state index is -0.120. The van der Waals surface area contributed by atoms with E-state index in [9.17, 15) is 0 Å². The second kappa shape index (κ2) is 16.5. The zero-order valence-electron chi connectivity index (χ0n) is 40.1. The van der Waals surface area contributed by atoms with Crippen molar-refractivity contribution in [2.75, 3.05) is 9.80 Å². The number of fused-ring (bicyclic) bond motifs is 9. The van der Waals surface area contributed by atoms with Crippen LogP contribution in [0.15, 0.2) is 255 Å². The van der Waals surface area contributed by atoms with Crippen molar-refractivity contribution in [2.45, 2.75) is 19.3 Å². The topological polar surface area (TPSA) is 15.7 Å². The first-order chi connectivity index (χ1) is 35.5. The molecule has 0 N–H and O–H groups in total. The first kappa shape index (κ1) is 41.8. The Bertz CT molecular complexity index is 4090. The number of hydrogen-bond donors (Lipinski definition) is 0. The van der Waals surface area contributed by atoms with Gasteiger partial charge in [-0.05, 0) is 156 Å². The van der Waals surface area contributed by atoms with Crippen LogP contribution in [-0.2, 0) is 5.41 Å². The fraction of sp³-hybridized carbons (Fsp3) is 0.0435. The summed E-state index contributed by atoms with van der Waals surface area (Å²) in [6, 6.07) is 92.6. The highest BCUT2D eigenvalue weighted by Gasteiger charge is 2.36. The number of rotatable bonds is 8. The van der Waals surface area contributed by atoms with Crippen molar-refractivity contribution in [1.29, 1.82) is 0 Å². The molecule has 0 radical (unpaired) electrons. The van der Waals surface area contributed by atoms with E-state index in [1.165, 1.54) is 71.4 Å². The van der Waals surface area contributed by atoms with E-state index in [4.69, 9.17) is 4.74 Å². The summed E-state index contributed by atoms with van der Waals surface area (Å²) < 4.78 is 7.03. The SMILES string of the molecule is CC1(C)c2ccccc2-c2ccc(N(c3ccccc3)c3ccc4c(c3)Oc3cccc5c3c-4cc3c4ccccc4c(-c4ccc(N(c6ccccc6)c6ccccc6-c6ccccc6)cc4)cc53)cc21. The minimum absolute atomic E-state index is 0.120. The second-order valence-corrected chi connectivity index (χ2v) is 19.6. The Morgan fingerprint density at radius 2 is 0.819 bits per heavy atom. The van der Waals surface area contributed by atoms with Crippen LogP contribution in [0.1, 0.15) is 25.0 Å². The minimum Gasteiger partial charge on any atom is -0.456 e. The second-order valence-electron chi connectivity index (χ2n) is 19.6. The maximum absolute atomic E-state index is 7.03. The normalized spacial score (nSPS) is 12.8. The van der Waals surface area contributed by atoms with Crippen molar-refractivity contribution in [3.8, 4) is 56.0 Å². The molecule has 3 heteroatoms. The fourth-order valence-electron chi connectivity index (χ4n) is 11.8. The van der Waals surface area contributed by atoms with E-state index in [-0.39, 0.29) is 5.41 Å². The number of hydrogen-bond acceptors (Lipinski definition) is 3. The van der Waals surface area contributed by atoms with Crippen molar-refractivity contribution in [1.82, 2.24) is 0 Å². The molecule has 12 aromatic rings. The maximum Gasteiger partial charge on any atom is 0.137 e. The lowest BCUT2D eigenvalue weighted by Gasteiger charge is -2.29. The van der Waals surface area contributed by atoms with Crippen LogP contribution in [0.5, 0.6) is 11.5 Å². The molecule has 0 saturated carbocycles. The summed E-state index contributed by atoms with van der Waals surface area (Å²) in [7, 11) is 0. The van der Waals surface area contributed by atoms with E-state index in [1.807, 2.05) is 0 Å². The highest BCUT2D eigenvalue weighted by molar-refractivity contribution is 6.25. The zero-order chi connectivity index (χ0) is 47.9. The van der Waals surface area contributed by atoms with Gasteiger partial charge in [0.2, 0.25) is 0 Å². The summed E-state index contributed by atoms with van der Waals surface area (Å²) in [5, 5.41) is 7.19. The third-order valence-electron chi connectivity index (χ3n) is 15.2. The van der Waals surface area contributed by atoms with Crippen LogP contribution in [0.4, 0.5) is 34.1 Å². The highest BCUT2D eigenvalue weighted by atomic mass is 16.5. The van der Waals surface area contributed by atoms with E-state index in [0.29, 0.717) is 0 Å². The van der Waals surface area contributed by atoms with Gasteiger partial charge >= 0.3 is 0 Å². The largest absolute Gasteiger partial charge is 0.456 e. The molecule has 0 fully saturated rings. The van der Waals surface area contributed by atoms with Gasteiger partial charge in [0.05, 0.1) is 5.69 Å². The van der Waals surface area contributed by atoms with Gasteiger partial charge in [-0.2, -0.15) is 0 Å². The van der Waals surface area contributed by atoms with Crippen LogP contribution in [0.3, 0.4) is 0 Å². The summed E-state index contributed by atoms with van der Waals surface area (Å²) >= 11 is 0. The molecule has 0 aromatic heterocycles. The molecule has 1 aliphatic heterocycles. The van der Waals surface area contributed by atoms with Crippen molar-refractivity contribution >= 4 is 66.4 Å². The fourth-order valence-corrected chi connectivity index (χ4v) is 11.8. The van der Waals surface area contributed by atoms with Gasteiger partial charge < -0.3 is 14.5 Å². The van der Waals surface area contributed by atoms with Crippen LogP contribution in [0, 0.1) is 0 Å². The molecule has 12 aromatic carbocycles. The summed E-state index contributed by atoms with van der Waals surface area (Å²) in [5.41, 5.74) is 18.8. The Morgan fingerprint density at radius 1 is 0.292 bits per heavy atom. The molecular weight excluding hydrogens is 873 g/mol. The smallest absolute Gasteiger partial charge is 0.137 e. The van der Waals surface area contributed by atoms with Crippen LogP contribution in [-0.4, -0.2) is 0 Å². The molecule has 72 heavy (non-hydrogen) atoms. The van der Waals surface area contributed by atoms with E-state index < -0.39 is 0 Å². The molecule has 3 nitrogen and oxygen atoms in total. The highest BCUT2D eigenvalue weighted by Crippen LogP contribution is 2.54. The van der Waals surface area contributed by atoms with Gasteiger partial charge in [0.25, 0.3) is 0 Å². The summed E-state index contributed by atoms with van der Waals surface area (Å²) in [5.74, 6) is 1.71. The van der Waals surface area contributed by atoms with Gasteiger partial charge in [0, 0.05) is 56.4 Å². The van der Waals surface area contributed by atoms with Gasteiger partial charge in [0.1, 0.15) is 11.5 Å². The molecule has 0 unspecified atom stereocenters. The van der Waals surface area contributed by atoms with E-state index in [1.54, 1.807) is 0 Å². The lowest BCUT2D eigenvalue weighted by Crippen LogP contribution is -2.16. The Morgan fingerprint density at radius 3 is 1.58 bits per heavy atom. The summed E-state index contributed by atoms with van der Waals surface area (Å²) in [6.45, 7) is 4.69. The van der Waals surface area contributed by atoms with Crippen molar-refractivity contribution in [3.63, 3.8) is 0 Å². The van der Waals surface area contributed by atoms with Crippen LogP contribution < -0.4 is 14.5 Å². The number of anilines is 6. The van der Waals surface area contributed by atoms with E-state index >= 15 is 0 Å². The zero-order valence-corrected chi connectivity index (χ0v) is 40.1. The quantitative estimate of drug-likeness (QED) is 0.141. The third kappa shape index (κ3) is 6.58. The van der Waals surface area contributed by atoms with Gasteiger partial charge in [-0.1, -0.05) is 178 Å². The van der Waals surface area contributed by atoms with Gasteiger partial charge in [-0.3, -0.25) is 0 Å². The predicted molar refractivity (Wildman–Crippen MR) is 302 cm³/mol. The first-order valence-corrected chi connectivity index (χ1v) is 24.9. The number of nitrogens with zero attached hydrogens (tertiary/aromatic N) is 2. The lowest BCUT2D eigenvalue weighted by molar-refractivity contribution is 0.487. The molecule has 0 spiro atoms. The Labute approximate surface area is 420 Å². The van der Waals surface area contributed by atoms with Gasteiger partial charge in [0.15, 0.2) is 0 Å². The summed E-state index contributed by atoms with van der Waals surface area (Å²) in [4.78, 5) is 4.73. The number of ether oxygens (including phenoxy) is 1. The van der Waals surface area contributed by atoms with Crippen LogP contribution in [0.2, 0.25) is 0 Å². The molecule has 0 saturated heterocycles. The molecular formula is C69H48N2O. The van der Waals surface area contributed by atoms with E-state index in [2.05, 4.69) is 278 Å². The predicted octanol–water partition coefficient (Wildman–Crippen LogP) is 19.5.